The molecule has 0 unspecified atom stereocenters. The molecule has 0 aromatic carbocycles. The second-order valence-corrected chi connectivity index (χ2v) is 4.00. The smallest absolute Gasteiger partial charge is 0.790 e. The van der Waals surface area contributed by atoms with Gasteiger partial charge in [0.1, 0.15) is 0 Å². The summed E-state index contributed by atoms with van der Waals surface area (Å²) < 4.78 is 21.2. The van der Waals surface area contributed by atoms with Gasteiger partial charge in [0, 0.05) is 13.1 Å². The van der Waals surface area contributed by atoms with E-state index < -0.39 is 15.6 Å². The summed E-state index contributed by atoms with van der Waals surface area (Å²) in [6.45, 7) is 1.19. The molecule has 0 aromatic rings. The van der Waals surface area contributed by atoms with Gasteiger partial charge in [0.05, 0.1) is 15.6 Å². The third kappa shape index (κ3) is 39.2. The molecule has 0 saturated heterocycles. The van der Waals surface area contributed by atoms with Crippen LogP contribution in [0.25, 0.3) is 0 Å². The molecule has 0 aliphatic heterocycles. The van der Waals surface area contributed by atoms with Crippen molar-refractivity contribution in [1.29, 1.82) is 0 Å². The number of nitrogens with two attached hydrogens (primary N) is 2. The van der Waals surface area contributed by atoms with Crippen molar-refractivity contribution in [2.45, 2.75) is 0 Å². The zero-order chi connectivity index (χ0) is 11.1. The summed E-state index contributed by atoms with van der Waals surface area (Å²) in [5, 5.41) is 0. The van der Waals surface area contributed by atoms with Gasteiger partial charge in [-0.15, -0.1) is 0 Å². The Kier molecular flexibility index (Phi) is 20.1. The average Bonchev–Trinajstić information content (AvgIpc) is 1.80. The Morgan fingerprint density at radius 3 is 1.07 bits per heavy atom. The van der Waals surface area contributed by atoms with Crippen molar-refractivity contribution < 1.29 is 72.0 Å². The average molecular weight is 365 g/mol. The van der Waals surface area contributed by atoms with Crippen molar-refractivity contribution in [3.05, 3.63) is 0 Å². The van der Waals surface area contributed by atoms with E-state index in [1.54, 1.807) is 0 Å². The Hall–Kier alpha value is 1.43. The van der Waals surface area contributed by atoms with Gasteiger partial charge >= 0.3 is 39.0 Å². The van der Waals surface area contributed by atoms with E-state index in [1.165, 1.54) is 0 Å². The Morgan fingerprint density at radius 1 is 0.867 bits per heavy atom. The monoisotopic (exact) mass is 362 g/mol. The Balaban J connectivity index is -0.0000000883. The van der Waals surface area contributed by atoms with Crippen LogP contribution in [0.15, 0.2) is 0 Å². The molecule has 0 aromatic heterocycles. The third-order valence-electron chi connectivity index (χ3n) is 0.367. The normalized spacial score (nSPS) is 10.3. The summed E-state index contributed by atoms with van der Waals surface area (Å²) in [6, 6.07) is 0. The summed E-state index contributed by atoms with van der Waals surface area (Å²) in [5.74, 6) is 0. The standard InChI is InChI=1S/C2H8N2.H4O7P2.2Zn/c3-1-2-4;1-8(2,3)7-9(4,5)6;;/h1-4H2;(H2,1,2,3)(H2,4,5,6);;/q;;2*+2/p-4. The summed E-state index contributed by atoms with van der Waals surface area (Å²) in [7, 11) is -11.4. The fourth-order valence-corrected chi connectivity index (χ4v) is 1.10. The van der Waals surface area contributed by atoms with Crippen LogP contribution in [0.1, 0.15) is 0 Å². The molecule has 4 N–H and O–H groups in total. The predicted octanol–water partition coefficient (Wildman–Crippen LogP) is -4.44. The maximum atomic E-state index is 9.32. The number of hydrogen-bond acceptors (Lipinski definition) is 9. The molecule has 0 radical (unpaired) electrons. The molecule has 0 aliphatic rings. The topological polar surface area (TPSA) is 188 Å². The minimum Gasteiger partial charge on any atom is -0.790 e. The van der Waals surface area contributed by atoms with Gasteiger partial charge in [-0.25, -0.2) is 0 Å². The van der Waals surface area contributed by atoms with Gasteiger partial charge in [-0.3, -0.25) is 0 Å². The molecule has 0 atom stereocenters. The van der Waals surface area contributed by atoms with Crippen molar-refractivity contribution in [2.75, 3.05) is 13.1 Å². The van der Waals surface area contributed by atoms with Crippen LogP contribution >= 0.6 is 15.6 Å². The molecule has 0 aliphatic carbocycles. The van der Waals surface area contributed by atoms with E-state index in [2.05, 4.69) is 4.31 Å². The Morgan fingerprint density at radius 2 is 1.07 bits per heavy atom. The second kappa shape index (κ2) is 11.9. The first-order chi connectivity index (χ1) is 5.62. The Bertz CT molecular complexity index is 193. The van der Waals surface area contributed by atoms with Crippen LogP contribution in [0.2, 0.25) is 0 Å². The predicted molar refractivity (Wildman–Crippen MR) is 34.4 cm³/mol. The maximum Gasteiger partial charge on any atom is 2.00 e. The minimum atomic E-state index is -5.68. The van der Waals surface area contributed by atoms with Gasteiger partial charge in [-0.2, -0.15) is 0 Å². The van der Waals surface area contributed by atoms with E-state index in [0.29, 0.717) is 13.1 Å². The second-order valence-electron chi connectivity index (χ2n) is 1.55. The zero-order valence-corrected chi connectivity index (χ0v) is 15.5. The van der Waals surface area contributed by atoms with E-state index >= 15 is 0 Å². The van der Waals surface area contributed by atoms with Crippen molar-refractivity contribution in [3.8, 4) is 0 Å². The van der Waals surface area contributed by atoms with E-state index in [0.717, 1.165) is 0 Å². The minimum absolute atomic E-state index is 0. The SMILES string of the molecule is NCCN.O=P([O-])([O-])OP(=O)([O-])[O-].[Zn+2].[Zn+2]. The quantitative estimate of drug-likeness (QED) is 0.367. The third-order valence-corrected chi connectivity index (χ3v) is 1.97. The zero-order valence-electron chi connectivity index (χ0n) is 7.74. The summed E-state index contributed by atoms with van der Waals surface area (Å²) in [4.78, 5) is 37.3. The molecule has 15 heavy (non-hydrogen) atoms. The summed E-state index contributed by atoms with van der Waals surface area (Å²) in [5.41, 5.74) is 9.81. The molecule has 9 nitrogen and oxygen atoms in total. The van der Waals surface area contributed by atoms with Crippen LogP contribution < -0.4 is 31.0 Å². The van der Waals surface area contributed by atoms with Crippen LogP contribution in [0.3, 0.4) is 0 Å². The molecular weight excluding hydrogens is 357 g/mol. The van der Waals surface area contributed by atoms with E-state index in [4.69, 9.17) is 11.5 Å². The first kappa shape index (κ1) is 25.3. The van der Waals surface area contributed by atoms with Crippen LogP contribution in [-0.4, -0.2) is 13.1 Å². The number of rotatable bonds is 3. The largest absolute Gasteiger partial charge is 2.00 e. The van der Waals surface area contributed by atoms with Crippen molar-refractivity contribution >= 4 is 15.6 Å². The molecule has 0 saturated carbocycles. The van der Waals surface area contributed by atoms with Gasteiger partial charge in [0.2, 0.25) is 0 Å². The van der Waals surface area contributed by atoms with Crippen LogP contribution in [0.5, 0.6) is 0 Å². The molecule has 13 heteroatoms. The number of phosphoric acid groups is 2. The molecular formula is C2H8N2O7P2Zn2. The first-order valence-electron chi connectivity index (χ1n) is 2.78. The maximum absolute atomic E-state index is 9.32. The fourth-order valence-electron chi connectivity index (χ4n) is 0.122. The molecule has 0 rings (SSSR count). The molecule has 0 spiro atoms. The molecule has 0 bridgehead atoms. The fraction of sp³-hybridized carbons (Fsp3) is 1.00. The van der Waals surface area contributed by atoms with Crippen LogP contribution in [0.4, 0.5) is 0 Å². The van der Waals surface area contributed by atoms with Crippen LogP contribution in [-0.2, 0) is 52.4 Å². The summed E-state index contributed by atoms with van der Waals surface area (Å²) >= 11 is 0. The summed E-state index contributed by atoms with van der Waals surface area (Å²) in [6.07, 6.45) is 0. The molecule has 82 valence electrons. The van der Waals surface area contributed by atoms with Gasteiger partial charge in [-0.05, 0) is 0 Å². The van der Waals surface area contributed by atoms with Crippen molar-refractivity contribution in [2.24, 2.45) is 11.5 Å². The van der Waals surface area contributed by atoms with Crippen molar-refractivity contribution in [3.63, 3.8) is 0 Å². The van der Waals surface area contributed by atoms with E-state index in [9.17, 15) is 28.7 Å². The molecule has 0 amide bonds. The Labute approximate surface area is 112 Å². The molecule has 0 fully saturated rings. The first-order valence-corrected chi connectivity index (χ1v) is 5.70. The van der Waals surface area contributed by atoms with Gasteiger partial charge in [0.15, 0.2) is 0 Å². The van der Waals surface area contributed by atoms with Gasteiger partial charge in [0.25, 0.3) is 0 Å². The van der Waals surface area contributed by atoms with E-state index in [-0.39, 0.29) is 39.0 Å². The number of hydrogen-bond donors (Lipinski definition) is 2. The molecule has 0 heterocycles. The van der Waals surface area contributed by atoms with E-state index in [1.807, 2.05) is 0 Å². The van der Waals surface area contributed by atoms with Gasteiger partial charge < -0.3 is 44.5 Å². The van der Waals surface area contributed by atoms with Crippen molar-refractivity contribution in [1.82, 2.24) is 0 Å². The van der Waals surface area contributed by atoms with Gasteiger partial charge in [-0.1, -0.05) is 0 Å². The van der Waals surface area contributed by atoms with Crippen LogP contribution in [0, 0.1) is 0 Å².